The molecule has 0 radical (unpaired) electrons. The van der Waals surface area contributed by atoms with Gasteiger partial charge in [0.15, 0.2) is 11.5 Å². The Hall–Kier alpha value is -4.48. The van der Waals surface area contributed by atoms with Gasteiger partial charge in [0.25, 0.3) is 11.1 Å². The molecule has 0 saturated carbocycles. The molecule has 1 heterocycles. The molecule has 1 aliphatic heterocycles. The Kier molecular flexibility index (Phi) is 9.66. The predicted molar refractivity (Wildman–Crippen MR) is 156 cm³/mol. The first-order valence-electron chi connectivity index (χ1n) is 12.9. The summed E-state index contributed by atoms with van der Waals surface area (Å²) in [7, 11) is 0. The smallest absolute Gasteiger partial charge is 0.293 e. The van der Waals surface area contributed by atoms with Crippen molar-refractivity contribution in [2.45, 2.75) is 26.9 Å². The van der Waals surface area contributed by atoms with E-state index in [2.05, 4.69) is 12.6 Å². The van der Waals surface area contributed by atoms with Gasteiger partial charge >= 0.3 is 0 Å². The average Bonchev–Trinajstić information content (AvgIpc) is 3.21. The number of ether oxygens (including phenoxy) is 3. The second-order valence-electron chi connectivity index (χ2n) is 8.99. The molecule has 8 heteroatoms. The van der Waals surface area contributed by atoms with E-state index in [-0.39, 0.29) is 30.9 Å². The van der Waals surface area contributed by atoms with Crippen molar-refractivity contribution in [3.8, 4) is 23.3 Å². The van der Waals surface area contributed by atoms with E-state index in [9.17, 15) is 14.9 Å². The lowest BCUT2D eigenvalue weighted by molar-refractivity contribution is -0.123. The fourth-order valence-corrected chi connectivity index (χ4v) is 5.00. The zero-order valence-electron chi connectivity index (χ0n) is 22.5. The normalized spacial score (nSPS) is 13.8. The number of hydrogen-bond acceptors (Lipinski definition) is 7. The Morgan fingerprint density at radius 3 is 2.52 bits per heavy atom. The number of rotatable bonds is 12. The van der Waals surface area contributed by atoms with Gasteiger partial charge in [0.1, 0.15) is 19.0 Å². The number of thioether (sulfide) groups is 1. The minimum Gasteiger partial charge on any atom is -0.492 e. The van der Waals surface area contributed by atoms with Crippen molar-refractivity contribution in [2.75, 3.05) is 19.8 Å². The summed E-state index contributed by atoms with van der Waals surface area (Å²) in [5.74, 6) is 1.38. The fourth-order valence-electron chi connectivity index (χ4n) is 4.14. The Morgan fingerprint density at radius 2 is 1.80 bits per heavy atom. The van der Waals surface area contributed by atoms with E-state index in [1.54, 1.807) is 24.3 Å². The van der Waals surface area contributed by atoms with Crippen LogP contribution in [0, 0.1) is 18.3 Å². The molecule has 3 aromatic rings. The highest BCUT2D eigenvalue weighted by atomic mass is 32.2. The Morgan fingerprint density at radius 1 is 1.02 bits per heavy atom. The second kappa shape index (κ2) is 13.5. The third kappa shape index (κ3) is 6.93. The van der Waals surface area contributed by atoms with Gasteiger partial charge in [-0.3, -0.25) is 14.5 Å². The fraction of sp³-hybridized carbons (Fsp3) is 0.219. The molecule has 40 heavy (non-hydrogen) atoms. The molecular weight excluding hydrogens is 524 g/mol. The lowest BCUT2D eigenvalue weighted by Crippen LogP contribution is -2.32. The molecule has 0 aromatic heterocycles. The van der Waals surface area contributed by atoms with Crippen molar-refractivity contribution < 1.29 is 23.8 Å². The monoisotopic (exact) mass is 554 g/mol. The maximum absolute atomic E-state index is 13.1. The van der Waals surface area contributed by atoms with E-state index in [1.165, 1.54) is 4.90 Å². The van der Waals surface area contributed by atoms with Crippen molar-refractivity contribution in [1.29, 1.82) is 5.26 Å². The van der Waals surface area contributed by atoms with E-state index in [0.717, 1.165) is 28.5 Å². The van der Waals surface area contributed by atoms with Crippen molar-refractivity contribution >= 4 is 29.0 Å². The average molecular weight is 555 g/mol. The molecule has 2 amide bonds. The summed E-state index contributed by atoms with van der Waals surface area (Å²) < 4.78 is 17.8. The summed E-state index contributed by atoms with van der Waals surface area (Å²) in [4.78, 5) is 27.2. The van der Waals surface area contributed by atoms with Gasteiger partial charge in [-0.2, -0.15) is 5.26 Å². The summed E-state index contributed by atoms with van der Waals surface area (Å²) >= 11 is 0.899. The number of nitriles is 1. The van der Waals surface area contributed by atoms with Crippen LogP contribution in [0.3, 0.4) is 0 Å². The van der Waals surface area contributed by atoms with Crippen LogP contribution in [0.2, 0.25) is 0 Å². The molecule has 1 aliphatic rings. The summed E-state index contributed by atoms with van der Waals surface area (Å²) in [6.07, 6.45) is 3.94. The van der Waals surface area contributed by atoms with Crippen molar-refractivity contribution in [3.63, 3.8) is 0 Å². The van der Waals surface area contributed by atoms with E-state index in [4.69, 9.17) is 14.2 Å². The number of benzene rings is 3. The number of hydrogen-bond donors (Lipinski definition) is 0. The van der Waals surface area contributed by atoms with Crippen LogP contribution in [0.25, 0.3) is 6.08 Å². The van der Waals surface area contributed by atoms with Crippen LogP contribution in [0.4, 0.5) is 4.79 Å². The van der Waals surface area contributed by atoms with Crippen LogP contribution in [-0.2, 0) is 17.8 Å². The van der Waals surface area contributed by atoms with Gasteiger partial charge in [0.2, 0.25) is 0 Å². The van der Waals surface area contributed by atoms with E-state index < -0.39 is 0 Å². The third-order valence-corrected chi connectivity index (χ3v) is 7.01. The SMILES string of the molecule is C=CCc1cc(/C=C2\SC(=O)N(CCOc3ccc(C)cc3)C2=O)cc(OCC)c1OCc1ccccc1C#N. The molecular formula is C32H30N2O5S. The minimum atomic E-state index is -0.362. The van der Waals surface area contributed by atoms with Crippen LogP contribution in [0.5, 0.6) is 17.2 Å². The van der Waals surface area contributed by atoms with E-state index >= 15 is 0 Å². The first-order valence-corrected chi connectivity index (χ1v) is 13.7. The molecule has 0 bridgehead atoms. The molecule has 7 nitrogen and oxygen atoms in total. The number of imide groups is 1. The van der Waals surface area contributed by atoms with Gasteiger partial charge in [-0.05, 0) is 74.0 Å². The molecule has 4 rings (SSSR count). The standard InChI is InChI=1S/C32H30N2O5S/c1-4-8-24-17-23(18-28(37-5-2)30(24)39-21-26-10-7-6-9-25(26)20-33)19-29-31(35)34(32(36)40-29)15-16-38-27-13-11-22(3)12-14-27/h4,6-7,9-14,17-19H,1,5,8,15-16,21H2,2-3H3/b29-19-. The Labute approximate surface area is 238 Å². The summed E-state index contributed by atoms with van der Waals surface area (Å²) in [5, 5.41) is 9.08. The first-order chi connectivity index (χ1) is 19.4. The van der Waals surface area contributed by atoms with Gasteiger partial charge in [-0.1, -0.05) is 42.0 Å². The summed E-state index contributed by atoms with van der Waals surface area (Å²) in [5.41, 5.74) is 3.94. The first kappa shape index (κ1) is 28.5. The maximum Gasteiger partial charge on any atom is 0.293 e. The Balaban J connectivity index is 1.53. The van der Waals surface area contributed by atoms with Gasteiger partial charge in [-0.15, -0.1) is 6.58 Å². The molecule has 0 N–H and O–H groups in total. The molecule has 1 fully saturated rings. The summed E-state index contributed by atoms with van der Waals surface area (Å²) in [6, 6.07) is 20.7. The highest BCUT2D eigenvalue weighted by molar-refractivity contribution is 8.18. The number of aryl methyl sites for hydroxylation is 1. The van der Waals surface area contributed by atoms with Gasteiger partial charge in [0.05, 0.1) is 29.7 Å². The topological polar surface area (TPSA) is 88.9 Å². The van der Waals surface area contributed by atoms with Crippen molar-refractivity contribution in [2.24, 2.45) is 0 Å². The van der Waals surface area contributed by atoms with Crippen LogP contribution >= 0.6 is 11.8 Å². The zero-order valence-corrected chi connectivity index (χ0v) is 23.3. The van der Waals surface area contributed by atoms with Crippen LogP contribution in [0.1, 0.15) is 34.7 Å². The van der Waals surface area contributed by atoms with Crippen molar-refractivity contribution in [1.82, 2.24) is 4.90 Å². The molecule has 0 unspecified atom stereocenters. The van der Waals surface area contributed by atoms with Gasteiger partial charge in [-0.25, -0.2) is 0 Å². The lowest BCUT2D eigenvalue weighted by atomic mass is 10.0. The molecule has 0 atom stereocenters. The number of carbonyl (C=O) groups excluding carboxylic acids is 2. The quantitative estimate of drug-likeness (QED) is 0.182. The minimum absolute atomic E-state index is 0.152. The van der Waals surface area contributed by atoms with E-state index in [1.807, 2.05) is 62.4 Å². The second-order valence-corrected chi connectivity index (χ2v) is 9.98. The highest BCUT2D eigenvalue weighted by Crippen LogP contribution is 2.38. The zero-order chi connectivity index (χ0) is 28.5. The summed E-state index contributed by atoms with van der Waals surface area (Å²) in [6.45, 7) is 8.67. The third-order valence-electron chi connectivity index (χ3n) is 6.10. The largest absolute Gasteiger partial charge is 0.492 e. The number of carbonyl (C=O) groups is 2. The number of nitrogens with zero attached hydrogens (tertiary/aromatic N) is 2. The highest BCUT2D eigenvalue weighted by Gasteiger charge is 2.35. The lowest BCUT2D eigenvalue weighted by Gasteiger charge is -2.17. The molecule has 0 spiro atoms. The number of amides is 2. The molecule has 204 valence electrons. The Bertz CT molecular complexity index is 1470. The van der Waals surface area contributed by atoms with Crippen LogP contribution in [0.15, 0.2) is 78.2 Å². The maximum atomic E-state index is 13.1. The van der Waals surface area contributed by atoms with Crippen molar-refractivity contribution in [3.05, 3.63) is 106 Å². The van der Waals surface area contributed by atoms with Crippen LogP contribution in [-0.4, -0.2) is 35.8 Å². The van der Waals surface area contributed by atoms with Crippen LogP contribution < -0.4 is 14.2 Å². The van der Waals surface area contributed by atoms with Gasteiger partial charge < -0.3 is 14.2 Å². The molecule has 3 aromatic carbocycles. The predicted octanol–water partition coefficient (Wildman–Crippen LogP) is 6.69. The molecule has 0 aliphatic carbocycles. The van der Waals surface area contributed by atoms with Gasteiger partial charge in [0, 0.05) is 11.1 Å². The number of allylic oxidation sites excluding steroid dienone is 1. The molecule has 1 saturated heterocycles. The van der Waals surface area contributed by atoms with E-state index in [0.29, 0.717) is 46.3 Å².